The van der Waals surface area contributed by atoms with E-state index in [-0.39, 0.29) is 5.56 Å². The van der Waals surface area contributed by atoms with Crippen LogP contribution in [-0.2, 0) is 0 Å². The first-order valence-electron chi connectivity index (χ1n) is 8.96. The van der Waals surface area contributed by atoms with Gasteiger partial charge in [0.15, 0.2) is 0 Å². The van der Waals surface area contributed by atoms with Crippen LogP contribution in [0.25, 0.3) is 27.7 Å². The molecule has 2 heterocycles. The highest BCUT2D eigenvalue weighted by Crippen LogP contribution is 2.28. The zero-order valence-electron chi connectivity index (χ0n) is 15.7. The smallest absolute Gasteiger partial charge is 0.266 e. The predicted octanol–water partition coefficient (Wildman–Crippen LogP) is 3.48. The molecule has 2 aromatic carbocycles. The van der Waals surface area contributed by atoms with Crippen LogP contribution >= 0.6 is 0 Å². The van der Waals surface area contributed by atoms with Gasteiger partial charge in [0.05, 0.1) is 35.9 Å². The average Bonchev–Trinajstić information content (AvgIpc) is 2.73. The Hall–Kier alpha value is -3.51. The lowest BCUT2D eigenvalue weighted by Crippen LogP contribution is -2.27. The molecular weight excluding hydrogens is 352 g/mol. The van der Waals surface area contributed by atoms with Gasteiger partial charge in [0.2, 0.25) is 0 Å². The highest BCUT2D eigenvalue weighted by molar-refractivity contribution is 5.94. The number of pyridine rings is 1. The molecule has 0 spiro atoms. The first kappa shape index (κ1) is 17.9. The van der Waals surface area contributed by atoms with Crippen molar-refractivity contribution in [1.82, 2.24) is 14.5 Å². The van der Waals surface area contributed by atoms with E-state index in [1.165, 1.54) is 0 Å². The number of rotatable bonds is 4. The normalized spacial score (nSPS) is 12.1. The summed E-state index contributed by atoms with van der Waals surface area (Å²) in [7, 11) is 1.59. The third-order valence-electron chi connectivity index (χ3n) is 4.61. The van der Waals surface area contributed by atoms with Crippen molar-refractivity contribution in [2.75, 3.05) is 7.11 Å². The Balaban J connectivity index is 2.09. The summed E-state index contributed by atoms with van der Waals surface area (Å²) >= 11 is 0. The van der Waals surface area contributed by atoms with Gasteiger partial charge in [-0.15, -0.1) is 0 Å². The fraction of sp³-hybridized carbons (Fsp3) is 0.136. The topological polar surface area (TPSA) is 83.0 Å². The third-order valence-corrected chi connectivity index (χ3v) is 4.61. The van der Waals surface area contributed by atoms with E-state index in [0.717, 1.165) is 16.8 Å². The zero-order chi connectivity index (χ0) is 19.7. The summed E-state index contributed by atoms with van der Waals surface area (Å²) in [5.41, 5.74) is 8.86. The minimum atomic E-state index is -0.403. The Morgan fingerprint density at radius 1 is 1.07 bits per heavy atom. The summed E-state index contributed by atoms with van der Waals surface area (Å²) in [6.45, 7) is 1.82. The molecule has 1 atom stereocenters. The summed E-state index contributed by atoms with van der Waals surface area (Å²) in [5, 5.41) is 0.519. The summed E-state index contributed by atoms with van der Waals surface area (Å²) in [4.78, 5) is 22.6. The molecule has 0 saturated carbocycles. The van der Waals surface area contributed by atoms with Gasteiger partial charge in [0.1, 0.15) is 11.6 Å². The molecule has 6 heteroatoms. The molecule has 2 N–H and O–H groups in total. The van der Waals surface area contributed by atoms with Crippen LogP contribution in [-0.4, -0.2) is 21.6 Å². The van der Waals surface area contributed by atoms with Crippen LogP contribution in [0, 0.1) is 0 Å². The quantitative estimate of drug-likeness (QED) is 0.593. The Morgan fingerprint density at radius 3 is 2.57 bits per heavy atom. The maximum Gasteiger partial charge on any atom is 0.266 e. The van der Waals surface area contributed by atoms with Crippen molar-refractivity contribution in [1.29, 1.82) is 0 Å². The zero-order valence-corrected chi connectivity index (χ0v) is 15.7. The van der Waals surface area contributed by atoms with Crippen molar-refractivity contribution in [3.63, 3.8) is 0 Å². The second-order valence-electron chi connectivity index (χ2n) is 6.55. The first-order chi connectivity index (χ1) is 13.6. The number of hydrogen-bond donors (Lipinski definition) is 1. The van der Waals surface area contributed by atoms with Crippen molar-refractivity contribution in [2.45, 2.75) is 13.0 Å². The Morgan fingerprint density at radius 2 is 1.86 bits per heavy atom. The van der Waals surface area contributed by atoms with Crippen molar-refractivity contribution in [3.05, 3.63) is 83.2 Å². The lowest BCUT2D eigenvalue weighted by Gasteiger charge is -2.17. The molecule has 4 aromatic rings. The number of aromatic nitrogens is 3. The van der Waals surface area contributed by atoms with Gasteiger partial charge in [-0.1, -0.05) is 30.3 Å². The fourth-order valence-corrected chi connectivity index (χ4v) is 3.30. The number of methoxy groups -OCH3 is 1. The highest BCUT2D eigenvalue weighted by atomic mass is 16.5. The molecule has 2 aromatic heterocycles. The van der Waals surface area contributed by atoms with Crippen LogP contribution < -0.4 is 16.0 Å². The average molecular weight is 372 g/mol. The van der Waals surface area contributed by atoms with Crippen molar-refractivity contribution in [2.24, 2.45) is 5.73 Å². The van der Waals surface area contributed by atoms with Crippen molar-refractivity contribution < 1.29 is 4.74 Å². The first-order valence-corrected chi connectivity index (χ1v) is 8.96. The number of hydrogen-bond acceptors (Lipinski definition) is 5. The van der Waals surface area contributed by atoms with E-state index in [1.807, 2.05) is 61.5 Å². The van der Waals surface area contributed by atoms with E-state index in [9.17, 15) is 4.79 Å². The molecule has 0 aliphatic rings. The van der Waals surface area contributed by atoms with E-state index in [0.29, 0.717) is 22.5 Å². The molecule has 6 nitrogen and oxygen atoms in total. The summed E-state index contributed by atoms with van der Waals surface area (Å²) in [6, 6.07) is 16.5. The minimum Gasteiger partial charge on any atom is -0.495 e. The summed E-state index contributed by atoms with van der Waals surface area (Å²) in [6.07, 6.45) is 3.34. The van der Waals surface area contributed by atoms with E-state index in [4.69, 9.17) is 15.5 Å². The number of ether oxygens (including phenoxy) is 1. The molecule has 0 aliphatic heterocycles. The summed E-state index contributed by atoms with van der Waals surface area (Å²) in [5.74, 6) is 1.14. The SMILES string of the molecule is COc1cncc(-c2cccc3nc(C(C)N)n(-c4ccccc4)c(=O)c23)c1. The van der Waals surface area contributed by atoms with Crippen LogP contribution in [0.15, 0.2) is 71.8 Å². The number of nitrogens with zero attached hydrogens (tertiary/aromatic N) is 3. The molecule has 4 rings (SSSR count). The Kier molecular flexibility index (Phi) is 4.63. The van der Waals surface area contributed by atoms with Gasteiger partial charge >= 0.3 is 0 Å². The van der Waals surface area contributed by atoms with E-state index >= 15 is 0 Å². The van der Waals surface area contributed by atoms with Crippen molar-refractivity contribution in [3.8, 4) is 22.6 Å². The Labute approximate surface area is 162 Å². The monoisotopic (exact) mass is 372 g/mol. The number of para-hydroxylation sites is 1. The van der Waals surface area contributed by atoms with Gasteiger partial charge in [-0.2, -0.15) is 0 Å². The van der Waals surface area contributed by atoms with Crippen LogP contribution in [0.1, 0.15) is 18.8 Å². The molecule has 28 heavy (non-hydrogen) atoms. The van der Waals surface area contributed by atoms with Gasteiger partial charge in [0.25, 0.3) is 5.56 Å². The maximum absolute atomic E-state index is 13.6. The predicted molar refractivity (Wildman–Crippen MR) is 110 cm³/mol. The molecule has 0 saturated heterocycles. The highest BCUT2D eigenvalue weighted by Gasteiger charge is 2.18. The van der Waals surface area contributed by atoms with E-state index < -0.39 is 6.04 Å². The summed E-state index contributed by atoms with van der Waals surface area (Å²) < 4.78 is 6.87. The standard InChI is InChI=1S/C22H20N4O2/c1-14(23)21-25-19-10-6-9-18(15-11-17(28-2)13-24-12-15)20(19)22(27)26(21)16-7-4-3-5-8-16/h3-14H,23H2,1-2H3. The minimum absolute atomic E-state index is 0.165. The van der Waals surface area contributed by atoms with Gasteiger partial charge in [-0.3, -0.25) is 14.3 Å². The number of fused-ring (bicyclic) bond motifs is 1. The van der Waals surface area contributed by atoms with Gasteiger partial charge in [0, 0.05) is 11.8 Å². The molecule has 0 aliphatic carbocycles. The molecule has 0 fully saturated rings. The van der Waals surface area contributed by atoms with Gasteiger partial charge in [-0.25, -0.2) is 4.98 Å². The maximum atomic E-state index is 13.6. The van der Waals surface area contributed by atoms with E-state index in [1.54, 1.807) is 24.1 Å². The van der Waals surface area contributed by atoms with Crippen molar-refractivity contribution >= 4 is 10.9 Å². The number of nitrogens with two attached hydrogens (primary N) is 1. The molecule has 1 unspecified atom stereocenters. The van der Waals surface area contributed by atoms with Gasteiger partial charge in [-0.05, 0) is 36.8 Å². The molecule has 0 bridgehead atoms. The van der Waals surface area contributed by atoms with Crippen LogP contribution in [0.2, 0.25) is 0 Å². The molecule has 0 radical (unpaired) electrons. The molecule has 140 valence electrons. The Bertz CT molecular complexity index is 1200. The van der Waals surface area contributed by atoms with Crippen LogP contribution in [0.3, 0.4) is 0 Å². The molecule has 0 amide bonds. The van der Waals surface area contributed by atoms with Crippen LogP contribution in [0.5, 0.6) is 5.75 Å². The number of benzene rings is 2. The largest absolute Gasteiger partial charge is 0.495 e. The van der Waals surface area contributed by atoms with Crippen LogP contribution in [0.4, 0.5) is 0 Å². The molecular formula is C22H20N4O2. The third kappa shape index (κ3) is 3.04. The lowest BCUT2D eigenvalue weighted by atomic mass is 10.0. The second-order valence-corrected chi connectivity index (χ2v) is 6.55. The fourth-order valence-electron chi connectivity index (χ4n) is 3.30. The lowest BCUT2D eigenvalue weighted by molar-refractivity contribution is 0.413. The van der Waals surface area contributed by atoms with Gasteiger partial charge < -0.3 is 10.5 Å². The van der Waals surface area contributed by atoms with E-state index in [2.05, 4.69) is 4.98 Å². The second kappa shape index (κ2) is 7.25.